The molecule has 0 spiro atoms. The third-order valence-electron chi connectivity index (χ3n) is 4.07. The first-order chi connectivity index (χ1) is 12.4. The van der Waals surface area contributed by atoms with Crippen LogP contribution in [0.5, 0.6) is 0 Å². The maximum absolute atomic E-state index is 12.2. The highest BCUT2D eigenvalue weighted by molar-refractivity contribution is 7.98. The summed E-state index contributed by atoms with van der Waals surface area (Å²) in [6.45, 7) is -0.401. The Morgan fingerprint density at radius 3 is 2.23 bits per heavy atom. The first-order valence-corrected chi connectivity index (χ1v) is 8.95. The smallest absolute Gasteiger partial charge is 0.338 e. The second kappa shape index (κ2) is 7.13. The van der Waals surface area contributed by atoms with E-state index >= 15 is 0 Å². The van der Waals surface area contributed by atoms with E-state index < -0.39 is 24.4 Å². The fourth-order valence-electron chi connectivity index (χ4n) is 2.56. The van der Waals surface area contributed by atoms with Gasteiger partial charge in [-0.2, -0.15) is 0 Å². The van der Waals surface area contributed by atoms with Crippen molar-refractivity contribution in [2.75, 3.05) is 19.9 Å². The van der Waals surface area contributed by atoms with Gasteiger partial charge < -0.3 is 4.74 Å². The molecule has 0 fully saturated rings. The summed E-state index contributed by atoms with van der Waals surface area (Å²) in [6, 6.07) is 11.1. The van der Waals surface area contributed by atoms with Crippen LogP contribution in [0.25, 0.3) is 0 Å². The van der Waals surface area contributed by atoms with Crippen LogP contribution in [0, 0.1) is 0 Å². The lowest BCUT2D eigenvalue weighted by Crippen LogP contribution is -2.24. The number of fused-ring (bicyclic) bond motifs is 1. The Morgan fingerprint density at radius 1 is 0.962 bits per heavy atom. The van der Waals surface area contributed by atoms with Crippen LogP contribution in [-0.4, -0.2) is 48.4 Å². The number of benzene rings is 2. The van der Waals surface area contributed by atoms with E-state index in [2.05, 4.69) is 0 Å². The minimum atomic E-state index is -0.725. The number of ether oxygens (including phenoxy) is 1. The first kappa shape index (κ1) is 17.9. The Labute approximate surface area is 154 Å². The number of carbonyl (C=O) groups excluding carboxylic acids is 4. The Hall–Kier alpha value is -2.93. The van der Waals surface area contributed by atoms with Crippen molar-refractivity contribution in [2.24, 2.45) is 0 Å². The summed E-state index contributed by atoms with van der Waals surface area (Å²) in [5.41, 5.74) is 0.975. The summed E-state index contributed by atoms with van der Waals surface area (Å²) in [7, 11) is 1.38. The molecule has 0 atom stereocenters. The lowest BCUT2D eigenvalue weighted by Gasteiger charge is -2.06. The van der Waals surface area contributed by atoms with E-state index in [0.29, 0.717) is 5.56 Å². The molecule has 3 rings (SSSR count). The van der Waals surface area contributed by atoms with Gasteiger partial charge >= 0.3 is 5.97 Å². The molecule has 1 heterocycles. The van der Waals surface area contributed by atoms with Gasteiger partial charge in [0.15, 0.2) is 12.4 Å². The molecule has 6 nitrogen and oxygen atoms in total. The summed E-state index contributed by atoms with van der Waals surface area (Å²) in [5, 5.41) is 0. The van der Waals surface area contributed by atoms with E-state index in [1.54, 1.807) is 23.9 Å². The first-order valence-electron chi connectivity index (χ1n) is 7.73. The van der Waals surface area contributed by atoms with Crippen LogP contribution in [0.4, 0.5) is 0 Å². The van der Waals surface area contributed by atoms with Gasteiger partial charge in [0.1, 0.15) is 0 Å². The van der Waals surface area contributed by atoms with Crippen molar-refractivity contribution < 1.29 is 23.9 Å². The number of esters is 1. The number of ketones is 1. The Kier molecular flexibility index (Phi) is 4.90. The quantitative estimate of drug-likeness (QED) is 0.349. The number of nitrogens with zero attached hydrogens (tertiary/aromatic N) is 1. The Bertz CT molecular complexity index is 920. The van der Waals surface area contributed by atoms with Crippen LogP contribution >= 0.6 is 11.8 Å². The number of rotatable bonds is 5. The molecule has 0 aromatic heterocycles. The van der Waals surface area contributed by atoms with Gasteiger partial charge in [0.05, 0.1) is 16.7 Å². The van der Waals surface area contributed by atoms with E-state index in [9.17, 15) is 19.2 Å². The van der Waals surface area contributed by atoms with Gasteiger partial charge in [-0.25, -0.2) is 4.79 Å². The lowest BCUT2D eigenvalue weighted by molar-refractivity contribution is 0.0474. The van der Waals surface area contributed by atoms with Crippen LogP contribution in [0.1, 0.15) is 41.4 Å². The second-order valence-electron chi connectivity index (χ2n) is 5.66. The van der Waals surface area contributed by atoms with E-state index in [0.717, 1.165) is 9.80 Å². The SMILES string of the molecule is CSc1ccc(C(=O)COC(=O)c2ccc3c(c2)C(=O)N(C)C3=O)cc1. The molecule has 2 amide bonds. The van der Waals surface area contributed by atoms with Crippen molar-refractivity contribution in [1.29, 1.82) is 0 Å². The predicted molar refractivity (Wildman–Crippen MR) is 95.7 cm³/mol. The normalized spacial score (nSPS) is 12.9. The summed E-state index contributed by atoms with van der Waals surface area (Å²) in [6.07, 6.45) is 1.94. The molecule has 0 radical (unpaired) electrons. The van der Waals surface area contributed by atoms with Crippen molar-refractivity contribution in [3.05, 3.63) is 64.7 Å². The van der Waals surface area contributed by atoms with E-state index in [4.69, 9.17) is 4.74 Å². The second-order valence-corrected chi connectivity index (χ2v) is 6.54. The number of hydrogen-bond acceptors (Lipinski definition) is 6. The molecule has 0 saturated carbocycles. The zero-order chi connectivity index (χ0) is 18.8. The molecule has 7 heteroatoms. The number of thioether (sulfide) groups is 1. The molecule has 1 aliphatic heterocycles. The summed E-state index contributed by atoms with van der Waals surface area (Å²) >= 11 is 1.56. The van der Waals surface area contributed by atoms with Gasteiger partial charge in [0.25, 0.3) is 11.8 Å². The third-order valence-corrected chi connectivity index (χ3v) is 4.82. The summed E-state index contributed by atoms with van der Waals surface area (Å²) < 4.78 is 5.05. The van der Waals surface area contributed by atoms with Crippen LogP contribution in [0.15, 0.2) is 47.4 Å². The number of imide groups is 1. The largest absolute Gasteiger partial charge is 0.454 e. The molecule has 132 valence electrons. The fraction of sp³-hybridized carbons (Fsp3) is 0.158. The number of amides is 2. The van der Waals surface area contributed by atoms with Crippen LogP contribution in [-0.2, 0) is 4.74 Å². The van der Waals surface area contributed by atoms with Gasteiger partial charge in [-0.3, -0.25) is 19.3 Å². The van der Waals surface area contributed by atoms with Crippen LogP contribution in [0.3, 0.4) is 0 Å². The highest BCUT2D eigenvalue weighted by Crippen LogP contribution is 2.23. The maximum atomic E-state index is 12.2. The molecule has 26 heavy (non-hydrogen) atoms. The monoisotopic (exact) mass is 369 g/mol. The lowest BCUT2D eigenvalue weighted by atomic mass is 10.1. The highest BCUT2D eigenvalue weighted by Gasteiger charge is 2.33. The van der Waals surface area contributed by atoms with Crippen molar-refractivity contribution >= 4 is 35.3 Å². The summed E-state index contributed by atoms with van der Waals surface area (Å²) in [5.74, 6) is -1.92. The van der Waals surface area contributed by atoms with Crippen LogP contribution in [0.2, 0.25) is 0 Å². The number of Topliss-reactive ketones (excluding diaryl/α,β-unsaturated/α-hetero) is 1. The maximum Gasteiger partial charge on any atom is 0.338 e. The zero-order valence-corrected chi connectivity index (χ0v) is 15.0. The van der Waals surface area contributed by atoms with E-state index in [1.165, 1.54) is 25.2 Å². The Balaban J connectivity index is 1.68. The molecular formula is C19H15NO5S. The van der Waals surface area contributed by atoms with Crippen molar-refractivity contribution in [1.82, 2.24) is 4.90 Å². The molecule has 2 aromatic rings. The minimum Gasteiger partial charge on any atom is -0.454 e. The van der Waals surface area contributed by atoms with Crippen molar-refractivity contribution in [3.63, 3.8) is 0 Å². The minimum absolute atomic E-state index is 0.116. The van der Waals surface area contributed by atoms with Gasteiger partial charge in [0.2, 0.25) is 0 Å². The van der Waals surface area contributed by atoms with Gasteiger partial charge in [-0.05, 0) is 36.6 Å². The van der Waals surface area contributed by atoms with Crippen molar-refractivity contribution in [2.45, 2.75) is 4.90 Å². The molecule has 2 aromatic carbocycles. The Morgan fingerprint density at radius 2 is 1.58 bits per heavy atom. The van der Waals surface area contributed by atoms with Gasteiger partial charge in [0, 0.05) is 17.5 Å². The molecule has 0 unspecified atom stereocenters. The highest BCUT2D eigenvalue weighted by atomic mass is 32.2. The van der Waals surface area contributed by atoms with E-state index in [-0.39, 0.29) is 22.5 Å². The van der Waals surface area contributed by atoms with Crippen LogP contribution < -0.4 is 0 Å². The molecule has 0 aliphatic carbocycles. The fourth-order valence-corrected chi connectivity index (χ4v) is 2.97. The third kappa shape index (κ3) is 3.25. The van der Waals surface area contributed by atoms with Gasteiger partial charge in [-0.15, -0.1) is 11.8 Å². The average Bonchev–Trinajstić information content (AvgIpc) is 2.89. The van der Waals surface area contributed by atoms with Gasteiger partial charge in [-0.1, -0.05) is 12.1 Å². The average molecular weight is 369 g/mol. The molecule has 0 N–H and O–H groups in total. The molecule has 1 aliphatic rings. The zero-order valence-electron chi connectivity index (χ0n) is 14.1. The summed E-state index contributed by atoms with van der Waals surface area (Å²) in [4.78, 5) is 50.1. The predicted octanol–water partition coefficient (Wildman–Crippen LogP) is 2.67. The number of hydrogen-bond donors (Lipinski definition) is 0. The standard InChI is InChI=1S/C19H15NO5S/c1-20-17(22)14-8-5-12(9-15(14)18(20)23)19(24)25-10-16(21)11-3-6-13(26-2)7-4-11/h3-9H,10H2,1-2H3. The van der Waals surface area contributed by atoms with Crippen molar-refractivity contribution in [3.8, 4) is 0 Å². The molecule has 0 saturated heterocycles. The molecular weight excluding hydrogens is 354 g/mol. The number of carbonyl (C=O) groups is 4. The topological polar surface area (TPSA) is 80.8 Å². The molecule has 0 bridgehead atoms. The van der Waals surface area contributed by atoms with E-state index in [1.807, 2.05) is 18.4 Å².